The van der Waals surface area contributed by atoms with E-state index in [0.29, 0.717) is 44.9 Å². The molecule has 2 amide bonds. The third-order valence-electron chi connectivity index (χ3n) is 10.9. The summed E-state index contributed by atoms with van der Waals surface area (Å²) in [5, 5.41) is 0.119. The van der Waals surface area contributed by atoms with Crippen LogP contribution in [0.1, 0.15) is 39.5 Å². The summed E-state index contributed by atoms with van der Waals surface area (Å²) in [7, 11) is 3.17. The zero-order valence-corrected chi connectivity index (χ0v) is 29.9. The van der Waals surface area contributed by atoms with Crippen LogP contribution in [0.2, 0.25) is 5.02 Å². The standard InChI is InChI=1S/C44H34ClNO7/c1-4-53-41(49)33-25-30(19-24-34(33)45)46-39(47)37-38(40(46)48)44(29-13-9-6-10-14-29)36(27-17-22-32(52-3)23-18-27)35(26-15-20-31(51-2)21-16-26)43(37,42(44)50)28-11-7-5-8-12-28/h5-25,37-38H,4H2,1-3H3/t37-,38-,43+,44+/m1/s1. The van der Waals surface area contributed by atoms with Crippen molar-refractivity contribution in [3.63, 3.8) is 0 Å². The second-order valence-electron chi connectivity index (χ2n) is 13.2. The molecule has 4 atom stereocenters. The highest BCUT2D eigenvalue weighted by molar-refractivity contribution is 6.39. The van der Waals surface area contributed by atoms with Crippen LogP contribution in [-0.2, 0) is 30.0 Å². The van der Waals surface area contributed by atoms with Gasteiger partial charge in [0.2, 0.25) is 11.8 Å². The van der Waals surface area contributed by atoms with Gasteiger partial charge in [-0.15, -0.1) is 0 Å². The van der Waals surface area contributed by atoms with Gasteiger partial charge >= 0.3 is 5.97 Å². The fourth-order valence-electron chi connectivity index (χ4n) is 8.91. The highest BCUT2D eigenvalue weighted by Gasteiger charge is 2.82. The molecule has 1 heterocycles. The lowest BCUT2D eigenvalue weighted by Crippen LogP contribution is -2.45. The monoisotopic (exact) mass is 723 g/mol. The molecule has 5 aromatic carbocycles. The number of rotatable bonds is 9. The highest BCUT2D eigenvalue weighted by Crippen LogP contribution is 2.74. The second kappa shape index (κ2) is 12.9. The lowest BCUT2D eigenvalue weighted by molar-refractivity contribution is -0.130. The van der Waals surface area contributed by atoms with Crippen molar-refractivity contribution >= 4 is 52.0 Å². The molecule has 1 saturated carbocycles. The van der Waals surface area contributed by atoms with Gasteiger partial charge in [0.15, 0.2) is 5.78 Å². The van der Waals surface area contributed by atoms with Gasteiger partial charge in [-0.05, 0) is 82.8 Å². The molecule has 264 valence electrons. The zero-order valence-electron chi connectivity index (χ0n) is 29.2. The normalized spacial score (nSPS) is 23.0. The Morgan fingerprint density at radius 2 is 1.11 bits per heavy atom. The predicted octanol–water partition coefficient (Wildman–Crippen LogP) is 7.72. The summed E-state index contributed by atoms with van der Waals surface area (Å²) in [5.74, 6) is -3.08. The molecule has 0 spiro atoms. The average Bonchev–Trinajstić information content (AvgIpc) is 3.71. The minimum atomic E-state index is -1.61. The first kappa shape index (κ1) is 34.1. The summed E-state index contributed by atoms with van der Waals surface area (Å²) in [6.45, 7) is 1.79. The Hall–Kier alpha value is -5.99. The van der Waals surface area contributed by atoms with Crippen LogP contribution in [-0.4, -0.2) is 44.4 Å². The minimum Gasteiger partial charge on any atom is -0.497 e. The summed E-state index contributed by atoms with van der Waals surface area (Å²) in [4.78, 5) is 60.9. The van der Waals surface area contributed by atoms with E-state index in [1.807, 2.05) is 109 Å². The first-order valence-electron chi connectivity index (χ1n) is 17.3. The number of Topliss-reactive ketones (excluding diaryl/α,β-unsaturated/α-hetero) is 1. The number of anilines is 1. The first-order valence-corrected chi connectivity index (χ1v) is 17.7. The van der Waals surface area contributed by atoms with Crippen molar-refractivity contribution in [2.45, 2.75) is 17.8 Å². The fraction of sp³-hybridized carbons (Fsp3) is 0.182. The number of carbonyl (C=O) groups is 4. The van der Waals surface area contributed by atoms with Gasteiger partial charge in [0.1, 0.15) is 11.5 Å². The van der Waals surface area contributed by atoms with Crippen LogP contribution in [0.3, 0.4) is 0 Å². The SMILES string of the molecule is CCOC(=O)c1cc(N2C(=O)[C@H]3[C@H](C2=O)[C@@]2(c4ccccc4)C(=O)[C@@]3(c3ccccc3)C(c3ccc(OC)cc3)=C2c2ccc(OC)cc2)ccc1Cl. The number of ketones is 1. The fourth-order valence-corrected chi connectivity index (χ4v) is 9.11. The largest absolute Gasteiger partial charge is 0.497 e. The molecule has 0 radical (unpaired) electrons. The molecule has 1 saturated heterocycles. The van der Waals surface area contributed by atoms with Crippen molar-refractivity contribution in [2.24, 2.45) is 11.8 Å². The molecule has 0 unspecified atom stereocenters. The molecule has 2 fully saturated rings. The van der Waals surface area contributed by atoms with E-state index >= 15 is 14.4 Å². The van der Waals surface area contributed by atoms with Gasteiger partial charge in [-0.1, -0.05) is 96.5 Å². The van der Waals surface area contributed by atoms with Crippen LogP contribution in [0, 0.1) is 11.8 Å². The van der Waals surface area contributed by atoms with Gasteiger partial charge in [-0.3, -0.25) is 14.4 Å². The lowest BCUT2D eigenvalue weighted by atomic mass is 9.59. The topological polar surface area (TPSA) is 99.2 Å². The van der Waals surface area contributed by atoms with E-state index in [4.69, 9.17) is 25.8 Å². The van der Waals surface area contributed by atoms with E-state index in [2.05, 4.69) is 0 Å². The highest BCUT2D eigenvalue weighted by atomic mass is 35.5. The minimum absolute atomic E-state index is 0.0224. The average molecular weight is 724 g/mol. The number of amides is 2. The van der Waals surface area contributed by atoms with Crippen LogP contribution < -0.4 is 14.4 Å². The van der Waals surface area contributed by atoms with E-state index in [1.54, 1.807) is 21.1 Å². The van der Waals surface area contributed by atoms with Crippen LogP contribution >= 0.6 is 11.6 Å². The molecule has 1 aliphatic heterocycles. The van der Waals surface area contributed by atoms with Crippen molar-refractivity contribution in [1.29, 1.82) is 0 Å². The molecule has 2 aliphatic carbocycles. The van der Waals surface area contributed by atoms with E-state index in [1.165, 1.54) is 18.2 Å². The summed E-state index contributed by atoms with van der Waals surface area (Å²) in [6, 6.07) is 37.8. The Morgan fingerprint density at radius 1 is 0.660 bits per heavy atom. The van der Waals surface area contributed by atoms with Crippen molar-refractivity contribution in [3.05, 3.63) is 160 Å². The Labute approximate surface area is 311 Å². The molecular weight excluding hydrogens is 690 g/mol. The number of fused-ring (bicyclic) bond motifs is 5. The number of allylic oxidation sites excluding steroid dienone is 2. The molecule has 9 heteroatoms. The second-order valence-corrected chi connectivity index (χ2v) is 13.6. The quantitative estimate of drug-likeness (QED) is 0.113. The molecule has 8 nitrogen and oxygen atoms in total. The molecule has 5 aromatic rings. The molecule has 0 N–H and O–H groups in total. The maximum atomic E-state index is 16.1. The summed E-state index contributed by atoms with van der Waals surface area (Å²) < 4.78 is 16.3. The van der Waals surface area contributed by atoms with Crippen molar-refractivity contribution in [1.82, 2.24) is 0 Å². The van der Waals surface area contributed by atoms with Gasteiger partial charge in [0, 0.05) is 0 Å². The van der Waals surface area contributed by atoms with Crippen LogP contribution in [0.5, 0.6) is 11.5 Å². The van der Waals surface area contributed by atoms with Crippen LogP contribution in [0.25, 0.3) is 11.1 Å². The number of methoxy groups -OCH3 is 2. The Morgan fingerprint density at radius 3 is 1.53 bits per heavy atom. The third kappa shape index (κ3) is 4.68. The number of hydrogen-bond donors (Lipinski definition) is 0. The van der Waals surface area contributed by atoms with Gasteiger partial charge in [0.25, 0.3) is 0 Å². The number of benzene rings is 5. The van der Waals surface area contributed by atoms with Gasteiger partial charge in [0.05, 0.1) is 59.8 Å². The van der Waals surface area contributed by atoms with E-state index in [9.17, 15) is 4.79 Å². The molecule has 0 aromatic heterocycles. The maximum absolute atomic E-state index is 16.1. The van der Waals surface area contributed by atoms with Crippen LogP contribution in [0.15, 0.2) is 127 Å². The first-order chi connectivity index (χ1) is 25.7. The Balaban J connectivity index is 1.49. The summed E-state index contributed by atoms with van der Waals surface area (Å²) in [5.41, 5.74) is 0.853. The van der Waals surface area contributed by atoms with Crippen molar-refractivity contribution < 1.29 is 33.4 Å². The molecular formula is C44H34ClNO7. The smallest absolute Gasteiger partial charge is 0.339 e. The Kier molecular flexibility index (Phi) is 8.30. The number of imide groups is 1. The zero-order chi connectivity index (χ0) is 37.1. The van der Waals surface area contributed by atoms with Crippen LogP contribution in [0.4, 0.5) is 5.69 Å². The molecule has 2 bridgehead atoms. The van der Waals surface area contributed by atoms with Gasteiger partial charge in [-0.25, -0.2) is 9.69 Å². The third-order valence-corrected chi connectivity index (χ3v) is 11.2. The number of hydrogen-bond acceptors (Lipinski definition) is 7. The number of halogens is 1. The number of carbonyl (C=O) groups excluding carboxylic acids is 4. The summed E-state index contributed by atoms with van der Waals surface area (Å²) >= 11 is 6.44. The number of ether oxygens (including phenoxy) is 3. The number of esters is 1. The maximum Gasteiger partial charge on any atom is 0.339 e. The molecule has 53 heavy (non-hydrogen) atoms. The van der Waals surface area contributed by atoms with Gasteiger partial charge in [-0.2, -0.15) is 0 Å². The van der Waals surface area contributed by atoms with Gasteiger partial charge < -0.3 is 14.2 Å². The molecule has 8 rings (SSSR count). The van der Waals surface area contributed by atoms with E-state index < -0.39 is 40.4 Å². The predicted molar refractivity (Wildman–Crippen MR) is 201 cm³/mol. The molecule has 3 aliphatic rings. The van der Waals surface area contributed by atoms with E-state index in [-0.39, 0.29) is 28.7 Å². The lowest BCUT2D eigenvalue weighted by Gasteiger charge is -2.39. The van der Waals surface area contributed by atoms with E-state index in [0.717, 1.165) is 4.90 Å². The van der Waals surface area contributed by atoms with Crippen molar-refractivity contribution in [2.75, 3.05) is 25.7 Å². The Bertz CT molecular complexity index is 2190. The summed E-state index contributed by atoms with van der Waals surface area (Å²) in [6.07, 6.45) is 0. The number of nitrogens with zero attached hydrogens (tertiary/aromatic N) is 1. The van der Waals surface area contributed by atoms with Crippen molar-refractivity contribution in [3.8, 4) is 11.5 Å².